The number of nitrogens with zero attached hydrogens (tertiary/aromatic N) is 5. The van der Waals surface area contributed by atoms with Gasteiger partial charge in [-0.1, -0.05) is 36.4 Å². The number of hydrogen-bond donors (Lipinski definition) is 1. The minimum Gasteiger partial charge on any atom is -0.424 e. The Bertz CT molecular complexity index is 1620. The van der Waals surface area contributed by atoms with E-state index in [0.717, 1.165) is 16.5 Å². The molecule has 0 aliphatic carbocycles. The first kappa shape index (κ1) is 23.4. The van der Waals surface area contributed by atoms with Crippen LogP contribution in [0.1, 0.15) is 37.3 Å². The van der Waals surface area contributed by atoms with E-state index in [0.29, 0.717) is 31.7 Å². The molecule has 9 heteroatoms. The summed E-state index contributed by atoms with van der Waals surface area (Å²) in [5.74, 6) is 0.879. The summed E-state index contributed by atoms with van der Waals surface area (Å²) in [5.41, 5.74) is 9.32. The summed E-state index contributed by atoms with van der Waals surface area (Å²) in [4.78, 5) is 23.8. The van der Waals surface area contributed by atoms with Crippen molar-refractivity contribution >= 4 is 50.2 Å². The smallest absolute Gasteiger partial charge is 0.343 e. The Labute approximate surface area is 215 Å². The molecule has 0 bridgehead atoms. The minimum absolute atomic E-state index is 0.217. The fourth-order valence-corrected chi connectivity index (χ4v) is 5.15. The highest BCUT2D eigenvalue weighted by Gasteiger charge is 2.26. The number of fused-ring (bicyclic) bond motifs is 2. The lowest BCUT2D eigenvalue weighted by Crippen LogP contribution is -2.17. The van der Waals surface area contributed by atoms with Gasteiger partial charge >= 0.3 is 5.63 Å². The average molecular weight is 580 g/mol. The highest BCUT2D eigenvalue weighted by atomic mass is 127. The van der Waals surface area contributed by atoms with Gasteiger partial charge in [-0.2, -0.15) is 5.10 Å². The van der Waals surface area contributed by atoms with Crippen LogP contribution in [0.15, 0.2) is 64.1 Å². The van der Waals surface area contributed by atoms with Crippen molar-refractivity contribution in [2.75, 3.05) is 19.8 Å². The molecule has 0 saturated heterocycles. The van der Waals surface area contributed by atoms with E-state index in [4.69, 9.17) is 15.2 Å². The summed E-state index contributed by atoms with van der Waals surface area (Å²) in [7, 11) is 4.11. The van der Waals surface area contributed by atoms with Gasteiger partial charge in [0.15, 0.2) is 5.65 Å². The second-order valence-electron chi connectivity index (χ2n) is 8.81. The fraction of sp³-hybridized carbons (Fsp3) is 0.231. The van der Waals surface area contributed by atoms with Crippen LogP contribution in [-0.2, 0) is 0 Å². The van der Waals surface area contributed by atoms with Crippen LogP contribution in [0.25, 0.3) is 32.9 Å². The number of rotatable bonds is 5. The molecule has 3 heterocycles. The summed E-state index contributed by atoms with van der Waals surface area (Å²) in [6.45, 7) is 4.11. The van der Waals surface area contributed by atoms with Crippen molar-refractivity contribution < 1.29 is 4.42 Å². The molecule has 5 aromatic rings. The number of benzene rings is 2. The Morgan fingerprint density at radius 3 is 2.54 bits per heavy atom. The van der Waals surface area contributed by atoms with Gasteiger partial charge in [0, 0.05) is 17.0 Å². The van der Waals surface area contributed by atoms with Crippen LogP contribution in [0.5, 0.6) is 0 Å². The predicted molar refractivity (Wildman–Crippen MR) is 146 cm³/mol. The Morgan fingerprint density at radius 2 is 1.80 bits per heavy atom. The third-order valence-corrected chi connectivity index (χ3v) is 7.27. The van der Waals surface area contributed by atoms with E-state index in [2.05, 4.69) is 76.7 Å². The Balaban J connectivity index is 1.80. The van der Waals surface area contributed by atoms with Crippen molar-refractivity contribution in [3.05, 3.63) is 80.3 Å². The lowest BCUT2D eigenvalue weighted by molar-refractivity contribution is 0.321. The van der Waals surface area contributed by atoms with Crippen molar-refractivity contribution in [1.29, 1.82) is 0 Å². The van der Waals surface area contributed by atoms with Gasteiger partial charge in [0.05, 0.1) is 10.8 Å². The van der Waals surface area contributed by atoms with Crippen LogP contribution >= 0.6 is 22.6 Å². The van der Waals surface area contributed by atoms with Crippen LogP contribution in [0.2, 0.25) is 0 Å². The first-order valence-corrected chi connectivity index (χ1v) is 12.3. The maximum absolute atomic E-state index is 13.1. The number of hydrogen-bond acceptors (Lipinski definition) is 7. The molecule has 0 fully saturated rings. The molecule has 2 aromatic carbocycles. The highest BCUT2D eigenvalue weighted by Crippen LogP contribution is 2.37. The first-order valence-electron chi connectivity index (χ1n) is 11.2. The van der Waals surface area contributed by atoms with E-state index >= 15 is 0 Å². The summed E-state index contributed by atoms with van der Waals surface area (Å²) >= 11 is 2.13. The number of nitrogen functional groups attached to an aromatic ring is 1. The molecule has 0 spiro atoms. The normalized spacial score (nSPS) is 13.5. The van der Waals surface area contributed by atoms with Gasteiger partial charge in [0.25, 0.3) is 0 Å². The monoisotopic (exact) mass is 580 g/mol. The van der Waals surface area contributed by atoms with Crippen LogP contribution in [0.3, 0.4) is 0 Å². The summed E-state index contributed by atoms with van der Waals surface area (Å²) < 4.78 is 8.46. The topological polar surface area (TPSA) is 103 Å². The van der Waals surface area contributed by atoms with Crippen molar-refractivity contribution in [3.63, 3.8) is 0 Å². The second-order valence-corrected chi connectivity index (χ2v) is 9.83. The van der Waals surface area contributed by atoms with Crippen LogP contribution in [-0.4, -0.2) is 38.7 Å². The molecule has 0 aliphatic rings. The predicted octanol–water partition coefficient (Wildman–Crippen LogP) is 5.02. The first-order chi connectivity index (χ1) is 16.8. The molecule has 0 saturated carbocycles. The molecular weight excluding hydrogens is 555 g/mol. The van der Waals surface area contributed by atoms with Crippen LogP contribution < -0.4 is 11.4 Å². The number of anilines is 1. The molecule has 5 rings (SSSR count). The zero-order valence-corrected chi connectivity index (χ0v) is 22.0. The Hall–Kier alpha value is -3.31. The van der Waals surface area contributed by atoms with E-state index in [1.165, 1.54) is 11.9 Å². The van der Waals surface area contributed by atoms with Gasteiger partial charge in [0.1, 0.15) is 27.6 Å². The van der Waals surface area contributed by atoms with Gasteiger partial charge in [0.2, 0.25) is 0 Å². The molecule has 35 heavy (non-hydrogen) atoms. The van der Waals surface area contributed by atoms with Crippen molar-refractivity contribution in [1.82, 2.24) is 24.6 Å². The van der Waals surface area contributed by atoms with Gasteiger partial charge in [-0.25, -0.2) is 19.4 Å². The van der Waals surface area contributed by atoms with E-state index in [1.54, 1.807) is 10.7 Å². The summed E-state index contributed by atoms with van der Waals surface area (Å²) in [6.07, 6.45) is 1.42. The van der Waals surface area contributed by atoms with Gasteiger partial charge in [-0.05, 0) is 73.8 Å². The quantitative estimate of drug-likeness (QED) is 0.292. The Morgan fingerprint density at radius 1 is 1.06 bits per heavy atom. The molecule has 178 valence electrons. The van der Waals surface area contributed by atoms with E-state index in [9.17, 15) is 4.79 Å². The van der Waals surface area contributed by atoms with Crippen LogP contribution in [0, 0.1) is 3.70 Å². The van der Waals surface area contributed by atoms with Gasteiger partial charge < -0.3 is 15.1 Å². The summed E-state index contributed by atoms with van der Waals surface area (Å²) in [5, 5.41) is 6.75. The van der Waals surface area contributed by atoms with Crippen molar-refractivity contribution in [3.8, 4) is 11.1 Å². The zero-order chi connectivity index (χ0) is 24.9. The lowest BCUT2D eigenvalue weighted by atomic mass is 9.93. The van der Waals surface area contributed by atoms with Gasteiger partial charge in [-0.15, -0.1) is 0 Å². The van der Waals surface area contributed by atoms with E-state index in [-0.39, 0.29) is 11.7 Å². The minimum atomic E-state index is -0.433. The summed E-state index contributed by atoms with van der Waals surface area (Å²) in [6, 6.07) is 15.7. The molecular formula is C26H25IN6O2. The maximum atomic E-state index is 13.1. The lowest BCUT2D eigenvalue weighted by Gasteiger charge is -2.22. The number of halogens is 1. The van der Waals surface area contributed by atoms with Gasteiger partial charge in [-0.3, -0.25) is 0 Å². The van der Waals surface area contributed by atoms with Crippen LogP contribution in [0.4, 0.5) is 5.82 Å². The molecule has 2 unspecified atom stereocenters. The molecule has 0 radical (unpaired) electrons. The molecule has 0 amide bonds. The van der Waals surface area contributed by atoms with Crippen molar-refractivity contribution in [2.24, 2.45) is 0 Å². The van der Waals surface area contributed by atoms with E-state index < -0.39 is 6.04 Å². The zero-order valence-electron chi connectivity index (χ0n) is 19.9. The molecule has 2 N–H and O–H groups in total. The Kier molecular flexibility index (Phi) is 6.06. The maximum Gasteiger partial charge on any atom is 0.343 e. The SMILES string of the molecule is CC(c1cccc(-c2c(C(C)n3nc(I)c4c(N)ncnc43)oc(=O)c3ccccc23)c1)N(C)C. The van der Waals surface area contributed by atoms with E-state index in [1.807, 2.05) is 31.2 Å². The third kappa shape index (κ3) is 3.98. The molecule has 8 nitrogen and oxygen atoms in total. The molecule has 2 atom stereocenters. The molecule has 3 aromatic heterocycles. The number of nitrogens with two attached hydrogens (primary N) is 1. The fourth-order valence-electron chi connectivity index (χ4n) is 4.40. The highest BCUT2D eigenvalue weighted by molar-refractivity contribution is 14.1. The average Bonchev–Trinajstić information content (AvgIpc) is 3.20. The number of aromatic nitrogens is 4. The molecule has 0 aliphatic heterocycles. The standard InChI is InChI=1S/C26H25IN6O2/c1-14(32(3)4)16-8-7-9-17(12-16)20-18-10-5-6-11-19(18)26(34)35-22(20)15(2)33-25-21(23(27)31-33)24(28)29-13-30-25/h5-15H,1-4H3,(H2,28,29,30). The largest absolute Gasteiger partial charge is 0.424 e. The second kappa shape index (κ2) is 9.04. The van der Waals surface area contributed by atoms with Crippen molar-refractivity contribution in [2.45, 2.75) is 25.9 Å². The third-order valence-electron chi connectivity index (χ3n) is 6.52.